The van der Waals surface area contributed by atoms with Crippen LogP contribution in [0.5, 0.6) is 11.5 Å². The molecule has 2 aromatic carbocycles. The molecule has 1 amide bonds. The molecule has 27 heavy (non-hydrogen) atoms. The van der Waals surface area contributed by atoms with Crippen molar-refractivity contribution in [3.8, 4) is 11.5 Å². The van der Waals surface area contributed by atoms with Crippen molar-refractivity contribution in [1.82, 2.24) is 10.3 Å². The van der Waals surface area contributed by atoms with Gasteiger partial charge in [0.05, 0.1) is 6.04 Å². The molecular formula is C23H22N2O2. The first-order valence-electron chi connectivity index (χ1n) is 8.83. The SMILES string of the molecule is Cc1cccc(C=CC(=O)N[C@@H](C)c2cccc(Oc3ccncc3)c2)c1. The number of hydrogen-bond donors (Lipinski definition) is 1. The first-order valence-corrected chi connectivity index (χ1v) is 8.83. The van der Waals surface area contributed by atoms with Crippen LogP contribution in [0.3, 0.4) is 0 Å². The quantitative estimate of drug-likeness (QED) is 0.626. The zero-order valence-corrected chi connectivity index (χ0v) is 15.4. The van der Waals surface area contributed by atoms with E-state index in [0.717, 1.165) is 28.2 Å². The lowest BCUT2D eigenvalue weighted by Crippen LogP contribution is -2.24. The highest BCUT2D eigenvalue weighted by molar-refractivity contribution is 5.92. The van der Waals surface area contributed by atoms with Crippen molar-refractivity contribution in [3.63, 3.8) is 0 Å². The molecule has 0 fully saturated rings. The Morgan fingerprint density at radius 1 is 1.04 bits per heavy atom. The fraction of sp³-hybridized carbons (Fsp3) is 0.130. The number of amides is 1. The van der Waals surface area contributed by atoms with Crippen molar-refractivity contribution in [3.05, 3.63) is 95.8 Å². The largest absolute Gasteiger partial charge is 0.457 e. The number of carbonyl (C=O) groups excluding carboxylic acids is 1. The van der Waals surface area contributed by atoms with E-state index in [0.29, 0.717) is 0 Å². The van der Waals surface area contributed by atoms with Crippen molar-refractivity contribution in [2.24, 2.45) is 0 Å². The zero-order valence-electron chi connectivity index (χ0n) is 15.4. The van der Waals surface area contributed by atoms with E-state index < -0.39 is 0 Å². The molecular weight excluding hydrogens is 336 g/mol. The summed E-state index contributed by atoms with van der Waals surface area (Å²) in [7, 11) is 0. The van der Waals surface area contributed by atoms with Crippen LogP contribution in [-0.4, -0.2) is 10.9 Å². The molecule has 1 N–H and O–H groups in total. The van der Waals surface area contributed by atoms with Crippen LogP contribution in [0.1, 0.15) is 29.7 Å². The molecule has 4 heteroatoms. The number of ether oxygens (including phenoxy) is 1. The van der Waals surface area contributed by atoms with Gasteiger partial charge in [0.2, 0.25) is 5.91 Å². The van der Waals surface area contributed by atoms with Gasteiger partial charge in [-0.3, -0.25) is 9.78 Å². The molecule has 4 nitrogen and oxygen atoms in total. The average Bonchev–Trinajstić information content (AvgIpc) is 2.67. The van der Waals surface area contributed by atoms with Crippen LogP contribution in [0.4, 0.5) is 0 Å². The third-order valence-electron chi connectivity index (χ3n) is 4.07. The first-order chi connectivity index (χ1) is 13.1. The van der Waals surface area contributed by atoms with E-state index in [-0.39, 0.29) is 11.9 Å². The molecule has 0 saturated carbocycles. The van der Waals surface area contributed by atoms with Crippen LogP contribution in [0.2, 0.25) is 0 Å². The Hall–Kier alpha value is -3.40. The van der Waals surface area contributed by atoms with Crippen LogP contribution < -0.4 is 10.1 Å². The molecule has 0 saturated heterocycles. The highest BCUT2D eigenvalue weighted by Gasteiger charge is 2.09. The lowest BCUT2D eigenvalue weighted by Gasteiger charge is -2.14. The number of aromatic nitrogens is 1. The van der Waals surface area contributed by atoms with E-state index in [9.17, 15) is 4.79 Å². The van der Waals surface area contributed by atoms with E-state index in [1.165, 1.54) is 0 Å². The standard InChI is InChI=1S/C23H22N2O2/c1-17-5-3-6-19(15-17)9-10-23(26)25-18(2)20-7-4-8-22(16-20)27-21-11-13-24-14-12-21/h3-16,18H,1-2H3,(H,25,26)/t18-/m0/s1. The number of aryl methyl sites for hydroxylation is 1. The van der Waals surface area contributed by atoms with Crippen LogP contribution in [0.15, 0.2) is 79.1 Å². The van der Waals surface area contributed by atoms with Crippen molar-refractivity contribution in [2.45, 2.75) is 19.9 Å². The van der Waals surface area contributed by atoms with Gasteiger partial charge in [-0.2, -0.15) is 0 Å². The molecule has 0 aliphatic rings. The van der Waals surface area contributed by atoms with E-state index in [1.807, 2.05) is 68.5 Å². The van der Waals surface area contributed by atoms with Crippen LogP contribution >= 0.6 is 0 Å². The first kappa shape index (κ1) is 18.4. The predicted octanol–water partition coefficient (Wildman–Crippen LogP) is 5.07. The maximum atomic E-state index is 12.2. The summed E-state index contributed by atoms with van der Waals surface area (Å²) in [5.74, 6) is 1.31. The number of hydrogen-bond acceptors (Lipinski definition) is 3. The lowest BCUT2D eigenvalue weighted by atomic mass is 10.1. The van der Waals surface area contributed by atoms with Crippen molar-refractivity contribution in [1.29, 1.82) is 0 Å². The predicted molar refractivity (Wildman–Crippen MR) is 108 cm³/mol. The molecule has 0 unspecified atom stereocenters. The number of benzene rings is 2. The summed E-state index contributed by atoms with van der Waals surface area (Å²) >= 11 is 0. The normalized spacial score (nSPS) is 11.9. The molecule has 136 valence electrons. The zero-order chi connectivity index (χ0) is 19.1. The van der Waals surface area contributed by atoms with Gasteiger partial charge in [-0.05, 0) is 55.3 Å². The summed E-state index contributed by atoms with van der Waals surface area (Å²) in [6.07, 6.45) is 6.74. The van der Waals surface area contributed by atoms with E-state index in [4.69, 9.17) is 4.74 Å². The lowest BCUT2D eigenvalue weighted by molar-refractivity contribution is -0.117. The van der Waals surface area contributed by atoms with Crippen LogP contribution in [0.25, 0.3) is 6.08 Å². The highest BCUT2D eigenvalue weighted by Crippen LogP contribution is 2.24. The fourth-order valence-corrected chi connectivity index (χ4v) is 2.68. The smallest absolute Gasteiger partial charge is 0.244 e. The molecule has 0 aliphatic heterocycles. The minimum Gasteiger partial charge on any atom is -0.457 e. The Labute approximate surface area is 159 Å². The molecule has 1 atom stereocenters. The maximum absolute atomic E-state index is 12.2. The van der Waals surface area contributed by atoms with Crippen molar-refractivity contribution in [2.75, 3.05) is 0 Å². The molecule has 1 heterocycles. The molecule has 0 aliphatic carbocycles. The van der Waals surface area contributed by atoms with Gasteiger partial charge < -0.3 is 10.1 Å². The summed E-state index contributed by atoms with van der Waals surface area (Å²) in [5, 5.41) is 2.98. The van der Waals surface area contributed by atoms with Crippen molar-refractivity contribution >= 4 is 12.0 Å². The minimum atomic E-state index is -0.138. The Morgan fingerprint density at radius 2 is 1.81 bits per heavy atom. The topological polar surface area (TPSA) is 51.2 Å². The summed E-state index contributed by atoms with van der Waals surface area (Å²) < 4.78 is 5.82. The monoisotopic (exact) mass is 358 g/mol. The Kier molecular flexibility index (Phi) is 6.00. The number of rotatable bonds is 6. The fourth-order valence-electron chi connectivity index (χ4n) is 2.68. The van der Waals surface area contributed by atoms with E-state index in [1.54, 1.807) is 30.6 Å². The third-order valence-corrected chi connectivity index (χ3v) is 4.07. The van der Waals surface area contributed by atoms with Gasteiger partial charge in [0.15, 0.2) is 0 Å². The molecule has 0 spiro atoms. The third kappa shape index (κ3) is 5.54. The van der Waals surface area contributed by atoms with E-state index in [2.05, 4.69) is 10.3 Å². The number of pyridine rings is 1. The van der Waals surface area contributed by atoms with Crippen molar-refractivity contribution < 1.29 is 9.53 Å². The number of nitrogens with one attached hydrogen (secondary N) is 1. The second-order valence-corrected chi connectivity index (χ2v) is 6.34. The molecule has 0 radical (unpaired) electrons. The highest BCUT2D eigenvalue weighted by atomic mass is 16.5. The number of carbonyl (C=O) groups is 1. The number of nitrogens with zero attached hydrogens (tertiary/aromatic N) is 1. The molecule has 1 aromatic heterocycles. The Balaban J connectivity index is 1.62. The Bertz CT molecular complexity index is 936. The molecule has 3 rings (SSSR count). The maximum Gasteiger partial charge on any atom is 0.244 e. The van der Waals surface area contributed by atoms with Gasteiger partial charge in [-0.25, -0.2) is 0 Å². The Morgan fingerprint density at radius 3 is 2.59 bits per heavy atom. The average molecular weight is 358 g/mol. The summed E-state index contributed by atoms with van der Waals surface area (Å²) in [6.45, 7) is 3.98. The van der Waals surface area contributed by atoms with Gasteiger partial charge in [0.1, 0.15) is 11.5 Å². The van der Waals surface area contributed by atoms with Gasteiger partial charge >= 0.3 is 0 Å². The van der Waals surface area contributed by atoms with Crippen LogP contribution in [0, 0.1) is 6.92 Å². The van der Waals surface area contributed by atoms with Gasteiger partial charge in [-0.1, -0.05) is 42.0 Å². The summed E-state index contributed by atoms with van der Waals surface area (Å²) in [4.78, 5) is 16.2. The van der Waals surface area contributed by atoms with Gasteiger partial charge in [0, 0.05) is 18.5 Å². The second kappa shape index (κ2) is 8.81. The molecule has 3 aromatic rings. The summed E-state index contributed by atoms with van der Waals surface area (Å²) in [5.41, 5.74) is 3.14. The minimum absolute atomic E-state index is 0.135. The van der Waals surface area contributed by atoms with E-state index >= 15 is 0 Å². The second-order valence-electron chi connectivity index (χ2n) is 6.34. The van der Waals surface area contributed by atoms with Gasteiger partial charge in [-0.15, -0.1) is 0 Å². The molecule has 0 bridgehead atoms. The van der Waals surface area contributed by atoms with Crippen LogP contribution in [-0.2, 0) is 4.79 Å². The van der Waals surface area contributed by atoms with Gasteiger partial charge in [0.25, 0.3) is 0 Å². The summed E-state index contributed by atoms with van der Waals surface area (Å²) in [6, 6.07) is 19.2.